The summed E-state index contributed by atoms with van der Waals surface area (Å²) in [6, 6.07) is 1.76. The minimum Gasteiger partial charge on any atom is -0.387 e. The fourth-order valence-corrected chi connectivity index (χ4v) is 2.80. The summed E-state index contributed by atoms with van der Waals surface area (Å²) < 4.78 is 5.20. The highest BCUT2D eigenvalue weighted by Gasteiger charge is 2.43. The van der Waals surface area contributed by atoms with E-state index in [1.807, 2.05) is 0 Å². The Bertz CT molecular complexity index is 534. The van der Waals surface area contributed by atoms with Crippen molar-refractivity contribution in [1.82, 2.24) is 15.4 Å². The van der Waals surface area contributed by atoms with Crippen LogP contribution in [0.4, 0.5) is 0 Å². The van der Waals surface area contributed by atoms with Crippen LogP contribution in [0.15, 0.2) is 10.6 Å². The van der Waals surface area contributed by atoms with Crippen LogP contribution in [0.25, 0.3) is 0 Å². The first kappa shape index (κ1) is 14.5. The van der Waals surface area contributed by atoms with Gasteiger partial charge in [-0.2, -0.15) is 0 Å². The molecule has 3 rings (SSSR count). The molecule has 6 nitrogen and oxygen atoms in total. The second-order valence-electron chi connectivity index (χ2n) is 6.80. The second kappa shape index (κ2) is 5.10. The van der Waals surface area contributed by atoms with Crippen molar-refractivity contribution in [3.63, 3.8) is 0 Å². The summed E-state index contributed by atoms with van der Waals surface area (Å²) in [7, 11) is 0. The van der Waals surface area contributed by atoms with Gasteiger partial charge in [0.05, 0.1) is 11.6 Å². The van der Waals surface area contributed by atoms with Crippen LogP contribution in [0.2, 0.25) is 0 Å². The zero-order valence-corrected chi connectivity index (χ0v) is 12.8. The van der Waals surface area contributed by atoms with Crippen molar-refractivity contribution in [2.75, 3.05) is 13.1 Å². The predicted molar refractivity (Wildman–Crippen MR) is 77.1 cm³/mol. The summed E-state index contributed by atoms with van der Waals surface area (Å²) >= 11 is 0. The van der Waals surface area contributed by atoms with E-state index in [0.717, 1.165) is 18.6 Å². The third kappa shape index (κ3) is 2.96. The van der Waals surface area contributed by atoms with Gasteiger partial charge in [0.15, 0.2) is 5.69 Å². The molecule has 1 aliphatic carbocycles. The Labute approximate surface area is 124 Å². The maximum absolute atomic E-state index is 12.3. The molecule has 2 atom stereocenters. The number of aromatic nitrogens is 1. The highest BCUT2D eigenvalue weighted by molar-refractivity contribution is 5.92. The average Bonchev–Trinajstić information content (AvgIpc) is 3.05. The van der Waals surface area contributed by atoms with E-state index in [-0.39, 0.29) is 11.9 Å². The standard InChI is InChI=1S/C15H23N3O3/c1-9(2)18-7-13(15(3,20)8-18)16-14(19)11-6-12(21-17-11)10-4-5-10/h6,9-10,13,20H,4-5,7-8H2,1-3H3,(H,16,19). The molecule has 1 amide bonds. The van der Waals surface area contributed by atoms with Crippen LogP contribution in [0.5, 0.6) is 0 Å². The molecule has 116 valence electrons. The van der Waals surface area contributed by atoms with Crippen molar-refractivity contribution in [2.45, 2.75) is 57.2 Å². The molecule has 1 aromatic rings. The summed E-state index contributed by atoms with van der Waals surface area (Å²) in [6.45, 7) is 7.13. The average molecular weight is 293 g/mol. The normalized spacial score (nSPS) is 30.0. The Balaban J connectivity index is 1.65. The number of hydrogen-bond acceptors (Lipinski definition) is 5. The smallest absolute Gasteiger partial charge is 0.273 e. The highest BCUT2D eigenvalue weighted by Crippen LogP contribution is 2.40. The molecular weight excluding hydrogens is 270 g/mol. The van der Waals surface area contributed by atoms with E-state index >= 15 is 0 Å². The first-order valence-corrected chi connectivity index (χ1v) is 7.61. The molecule has 6 heteroatoms. The van der Waals surface area contributed by atoms with Crippen LogP contribution in [0.1, 0.15) is 55.8 Å². The predicted octanol–water partition coefficient (Wildman–Crippen LogP) is 1.13. The van der Waals surface area contributed by atoms with Crippen LogP contribution >= 0.6 is 0 Å². The van der Waals surface area contributed by atoms with Gasteiger partial charge in [0, 0.05) is 31.1 Å². The van der Waals surface area contributed by atoms with Crippen LogP contribution in [0, 0.1) is 0 Å². The Morgan fingerprint density at radius 2 is 2.29 bits per heavy atom. The maximum atomic E-state index is 12.3. The van der Waals surface area contributed by atoms with Gasteiger partial charge in [-0.05, 0) is 33.6 Å². The highest BCUT2D eigenvalue weighted by atomic mass is 16.5. The molecule has 1 saturated heterocycles. The van der Waals surface area contributed by atoms with Crippen molar-refractivity contribution >= 4 is 5.91 Å². The number of rotatable bonds is 4. The van der Waals surface area contributed by atoms with Gasteiger partial charge in [-0.25, -0.2) is 0 Å². The minimum absolute atomic E-state index is 0.276. The summed E-state index contributed by atoms with van der Waals surface area (Å²) in [5, 5.41) is 17.2. The van der Waals surface area contributed by atoms with Crippen LogP contribution in [-0.2, 0) is 0 Å². The van der Waals surface area contributed by atoms with Gasteiger partial charge in [-0.1, -0.05) is 5.16 Å². The zero-order chi connectivity index (χ0) is 15.2. The molecule has 0 radical (unpaired) electrons. The topological polar surface area (TPSA) is 78.6 Å². The zero-order valence-electron chi connectivity index (χ0n) is 12.8. The van der Waals surface area contributed by atoms with Crippen LogP contribution < -0.4 is 5.32 Å². The quantitative estimate of drug-likeness (QED) is 0.870. The minimum atomic E-state index is -0.928. The molecule has 2 aliphatic rings. The molecule has 1 saturated carbocycles. The Hall–Kier alpha value is -1.40. The molecule has 1 aliphatic heterocycles. The maximum Gasteiger partial charge on any atom is 0.273 e. The summed E-state index contributed by atoms with van der Waals surface area (Å²) in [4.78, 5) is 14.4. The van der Waals surface area contributed by atoms with Gasteiger partial charge in [0.25, 0.3) is 5.91 Å². The lowest BCUT2D eigenvalue weighted by Crippen LogP contribution is -2.50. The number of carbonyl (C=O) groups is 1. The van der Waals surface area contributed by atoms with E-state index in [2.05, 4.69) is 29.2 Å². The molecule has 2 N–H and O–H groups in total. The molecule has 2 unspecified atom stereocenters. The van der Waals surface area contributed by atoms with Crippen LogP contribution in [-0.4, -0.2) is 51.8 Å². The largest absolute Gasteiger partial charge is 0.387 e. The first-order valence-electron chi connectivity index (χ1n) is 7.61. The van der Waals surface area contributed by atoms with Crippen molar-refractivity contribution in [3.05, 3.63) is 17.5 Å². The van der Waals surface area contributed by atoms with Gasteiger partial charge in [0.1, 0.15) is 5.76 Å². The number of likely N-dealkylation sites (tertiary alicyclic amines) is 1. The Kier molecular flexibility index (Phi) is 3.53. The lowest BCUT2D eigenvalue weighted by molar-refractivity contribution is 0.0406. The van der Waals surface area contributed by atoms with E-state index in [1.54, 1.807) is 13.0 Å². The second-order valence-corrected chi connectivity index (χ2v) is 6.80. The number of carbonyl (C=O) groups excluding carboxylic acids is 1. The number of hydrogen-bond donors (Lipinski definition) is 2. The molecule has 21 heavy (non-hydrogen) atoms. The van der Waals surface area contributed by atoms with Crippen molar-refractivity contribution in [2.24, 2.45) is 0 Å². The summed E-state index contributed by atoms with van der Waals surface area (Å²) in [6.07, 6.45) is 2.22. The molecule has 2 heterocycles. The molecule has 2 fully saturated rings. The lowest BCUT2D eigenvalue weighted by atomic mass is 10.0. The first-order chi connectivity index (χ1) is 9.87. The molecule has 0 spiro atoms. The number of aliphatic hydroxyl groups is 1. The third-order valence-electron chi connectivity index (χ3n) is 4.47. The summed E-state index contributed by atoms with van der Waals surface area (Å²) in [5.74, 6) is 0.953. The monoisotopic (exact) mass is 293 g/mol. The van der Waals surface area contributed by atoms with Crippen LogP contribution in [0.3, 0.4) is 0 Å². The number of nitrogens with one attached hydrogen (secondary N) is 1. The van der Waals surface area contributed by atoms with Crippen molar-refractivity contribution in [3.8, 4) is 0 Å². The van der Waals surface area contributed by atoms with Crippen molar-refractivity contribution in [1.29, 1.82) is 0 Å². The number of amides is 1. The fourth-order valence-electron chi connectivity index (χ4n) is 2.80. The molecule has 1 aromatic heterocycles. The molecule has 0 aromatic carbocycles. The van der Waals surface area contributed by atoms with Gasteiger partial charge in [-0.3, -0.25) is 9.69 Å². The van der Waals surface area contributed by atoms with Crippen molar-refractivity contribution < 1.29 is 14.4 Å². The molecular formula is C15H23N3O3. The van der Waals surface area contributed by atoms with Gasteiger partial charge in [0.2, 0.25) is 0 Å². The van der Waals surface area contributed by atoms with Gasteiger partial charge >= 0.3 is 0 Å². The number of β-amino-alcohol motifs (C(OH)–C–C–N with tert-alkyl or cyclic N) is 1. The Morgan fingerprint density at radius 1 is 1.57 bits per heavy atom. The lowest BCUT2D eigenvalue weighted by Gasteiger charge is -2.24. The van der Waals surface area contributed by atoms with E-state index in [9.17, 15) is 9.90 Å². The molecule has 0 bridgehead atoms. The summed E-state index contributed by atoms with van der Waals surface area (Å²) in [5.41, 5.74) is -0.626. The van der Waals surface area contributed by atoms with E-state index in [0.29, 0.717) is 30.7 Å². The Morgan fingerprint density at radius 3 is 2.86 bits per heavy atom. The SMILES string of the molecule is CC(C)N1CC(NC(=O)c2cc(C3CC3)on2)C(C)(O)C1. The van der Waals surface area contributed by atoms with Gasteiger partial charge in [-0.15, -0.1) is 0 Å². The fraction of sp³-hybridized carbons (Fsp3) is 0.733. The van der Waals surface area contributed by atoms with E-state index < -0.39 is 5.60 Å². The van der Waals surface area contributed by atoms with E-state index in [4.69, 9.17) is 4.52 Å². The van der Waals surface area contributed by atoms with Gasteiger partial charge < -0.3 is 14.9 Å². The number of nitrogens with zero attached hydrogens (tertiary/aromatic N) is 2. The third-order valence-corrected chi connectivity index (χ3v) is 4.47. The van der Waals surface area contributed by atoms with E-state index in [1.165, 1.54) is 0 Å².